The van der Waals surface area contributed by atoms with Crippen molar-refractivity contribution < 1.29 is 0 Å². The van der Waals surface area contributed by atoms with E-state index < -0.39 is 11.4 Å². The molecular weight excluding hydrogens is 228 g/mol. The standard InChI is InChI=1S/C9H8N4O2S/c10-7(16)5-3-1-2-4-6(5)13-8(14)11-12-9(13)15/h1-4H,(H2,10,16)(H,11,14)(H,12,15). The summed E-state index contributed by atoms with van der Waals surface area (Å²) < 4.78 is 0.939. The van der Waals surface area contributed by atoms with E-state index in [2.05, 4.69) is 10.2 Å². The highest BCUT2D eigenvalue weighted by molar-refractivity contribution is 7.80. The van der Waals surface area contributed by atoms with Gasteiger partial charge in [-0.05, 0) is 12.1 Å². The number of hydrogen-bond acceptors (Lipinski definition) is 3. The van der Waals surface area contributed by atoms with Crippen molar-refractivity contribution in [3.63, 3.8) is 0 Å². The zero-order chi connectivity index (χ0) is 11.7. The van der Waals surface area contributed by atoms with Crippen LogP contribution in [0.25, 0.3) is 5.69 Å². The number of H-pyrrole nitrogens is 2. The molecule has 0 bridgehead atoms. The van der Waals surface area contributed by atoms with Crippen molar-refractivity contribution in [1.82, 2.24) is 14.8 Å². The maximum absolute atomic E-state index is 11.4. The molecule has 0 radical (unpaired) electrons. The number of nitrogens with one attached hydrogen (secondary N) is 2. The molecule has 0 unspecified atom stereocenters. The van der Waals surface area contributed by atoms with Crippen molar-refractivity contribution in [2.24, 2.45) is 5.73 Å². The van der Waals surface area contributed by atoms with Gasteiger partial charge in [0.05, 0.1) is 5.69 Å². The Labute approximate surface area is 94.7 Å². The number of nitrogens with zero attached hydrogens (tertiary/aromatic N) is 1. The van der Waals surface area contributed by atoms with Crippen LogP contribution in [0.15, 0.2) is 33.9 Å². The van der Waals surface area contributed by atoms with E-state index in [9.17, 15) is 9.59 Å². The Morgan fingerprint density at radius 3 is 2.31 bits per heavy atom. The fourth-order valence-corrected chi connectivity index (χ4v) is 1.58. The van der Waals surface area contributed by atoms with Gasteiger partial charge in [-0.3, -0.25) is 0 Å². The molecule has 0 aliphatic rings. The summed E-state index contributed by atoms with van der Waals surface area (Å²) >= 11 is 4.85. The molecule has 0 aliphatic carbocycles. The van der Waals surface area contributed by atoms with E-state index in [4.69, 9.17) is 18.0 Å². The Bertz CT molecular complexity index is 624. The third kappa shape index (κ3) is 1.57. The van der Waals surface area contributed by atoms with E-state index in [1.807, 2.05) is 0 Å². The first-order valence-electron chi connectivity index (χ1n) is 4.40. The first-order chi connectivity index (χ1) is 7.61. The van der Waals surface area contributed by atoms with Crippen molar-refractivity contribution in [3.8, 4) is 5.69 Å². The van der Waals surface area contributed by atoms with Gasteiger partial charge < -0.3 is 5.73 Å². The molecule has 6 nitrogen and oxygen atoms in total. The van der Waals surface area contributed by atoms with Crippen LogP contribution in [0.5, 0.6) is 0 Å². The molecule has 82 valence electrons. The van der Waals surface area contributed by atoms with Gasteiger partial charge >= 0.3 is 11.4 Å². The van der Waals surface area contributed by atoms with Crippen LogP contribution in [0, 0.1) is 0 Å². The zero-order valence-corrected chi connectivity index (χ0v) is 8.88. The Morgan fingerprint density at radius 2 is 1.75 bits per heavy atom. The Hall–Kier alpha value is -2.15. The van der Waals surface area contributed by atoms with Crippen LogP contribution < -0.4 is 17.1 Å². The fraction of sp³-hybridized carbons (Fsp3) is 0. The van der Waals surface area contributed by atoms with Crippen LogP contribution in [0.3, 0.4) is 0 Å². The molecule has 2 aromatic rings. The maximum atomic E-state index is 11.4. The molecule has 1 aromatic heterocycles. The normalized spacial score (nSPS) is 10.2. The molecule has 0 atom stereocenters. The second-order valence-corrected chi connectivity index (χ2v) is 3.52. The van der Waals surface area contributed by atoms with E-state index in [0.29, 0.717) is 11.3 Å². The number of hydrogen-bond donors (Lipinski definition) is 3. The molecule has 0 saturated carbocycles. The first-order valence-corrected chi connectivity index (χ1v) is 4.81. The van der Waals surface area contributed by atoms with Gasteiger partial charge in [-0.15, -0.1) is 0 Å². The van der Waals surface area contributed by atoms with Gasteiger partial charge in [0.15, 0.2) is 0 Å². The molecule has 4 N–H and O–H groups in total. The quantitative estimate of drug-likeness (QED) is 0.612. The number of aromatic amines is 2. The van der Waals surface area contributed by atoms with Gasteiger partial charge in [0.1, 0.15) is 4.99 Å². The third-order valence-electron chi connectivity index (χ3n) is 2.09. The molecular formula is C9H8N4O2S. The summed E-state index contributed by atoms with van der Waals surface area (Å²) in [6.07, 6.45) is 0. The van der Waals surface area contributed by atoms with Crippen LogP contribution >= 0.6 is 12.2 Å². The number of benzene rings is 1. The van der Waals surface area contributed by atoms with Gasteiger partial charge in [0.2, 0.25) is 0 Å². The van der Waals surface area contributed by atoms with Crippen molar-refractivity contribution in [1.29, 1.82) is 0 Å². The van der Waals surface area contributed by atoms with E-state index in [1.54, 1.807) is 24.3 Å². The summed E-state index contributed by atoms with van der Waals surface area (Å²) in [5.74, 6) is 0. The average molecular weight is 236 g/mol. The van der Waals surface area contributed by atoms with Gasteiger partial charge in [-0.1, -0.05) is 24.4 Å². The van der Waals surface area contributed by atoms with Gasteiger partial charge in [0, 0.05) is 5.56 Å². The molecule has 0 aliphatic heterocycles. The van der Waals surface area contributed by atoms with Gasteiger partial charge in [0.25, 0.3) is 0 Å². The number of rotatable bonds is 2. The molecule has 1 aromatic carbocycles. The van der Waals surface area contributed by atoms with Crippen molar-refractivity contribution in [2.45, 2.75) is 0 Å². The predicted octanol–water partition coefficient (Wildman–Crippen LogP) is -0.512. The molecule has 2 rings (SSSR count). The predicted molar refractivity (Wildman–Crippen MR) is 62.9 cm³/mol. The molecule has 0 amide bonds. The zero-order valence-electron chi connectivity index (χ0n) is 8.06. The lowest BCUT2D eigenvalue weighted by Gasteiger charge is -2.05. The number of para-hydroxylation sites is 1. The monoisotopic (exact) mass is 236 g/mol. The Balaban J connectivity index is 2.79. The minimum atomic E-state index is -0.561. The summed E-state index contributed by atoms with van der Waals surface area (Å²) in [4.78, 5) is 22.9. The second kappa shape index (κ2) is 3.78. The minimum Gasteiger partial charge on any atom is -0.389 e. The lowest BCUT2D eigenvalue weighted by atomic mass is 10.2. The van der Waals surface area contributed by atoms with Crippen LogP contribution in [-0.4, -0.2) is 19.8 Å². The summed E-state index contributed by atoms with van der Waals surface area (Å²) in [5, 5.41) is 4.37. The Kier molecular flexibility index (Phi) is 2.45. The highest BCUT2D eigenvalue weighted by atomic mass is 32.1. The van der Waals surface area contributed by atoms with E-state index in [-0.39, 0.29) is 4.99 Å². The lowest BCUT2D eigenvalue weighted by Crippen LogP contribution is -2.27. The largest absolute Gasteiger partial charge is 0.389 e. The topological polar surface area (TPSA) is 96.7 Å². The molecule has 7 heteroatoms. The Morgan fingerprint density at radius 1 is 1.19 bits per heavy atom. The van der Waals surface area contributed by atoms with E-state index >= 15 is 0 Å². The van der Waals surface area contributed by atoms with Crippen LogP contribution in [0.1, 0.15) is 5.56 Å². The maximum Gasteiger partial charge on any atom is 0.349 e. The molecule has 0 spiro atoms. The number of aromatic nitrogens is 3. The van der Waals surface area contributed by atoms with Crippen molar-refractivity contribution >= 4 is 17.2 Å². The van der Waals surface area contributed by atoms with E-state index in [1.165, 1.54) is 0 Å². The lowest BCUT2D eigenvalue weighted by molar-refractivity contribution is 0.949. The fourth-order valence-electron chi connectivity index (χ4n) is 1.41. The van der Waals surface area contributed by atoms with Gasteiger partial charge in [-0.2, -0.15) is 0 Å². The van der Waals surface area contributed by atoms with Gasteiger partial charge in [-0.25, -0.2) is 24.4 Å². The minimum absolute atomic E-state index is 0.128. The highest BCUT2D eigenvalue weighted by Crippen LogP contribution is 2.10. The smallest absolute Gasteiger partial charge is 0.349 e. The SMILES string of the molecule is NC(=S)c1ccccc1-n1c(=O)[nH][nH]c1=O. The molecule has 1 heterocycles. The number of nitrogens with two attached hydrogens (primary N) is 1. The van der Waals surface area contributed by atoms with E-state index in [0.717, 1.165) is 4.57 Å². The second-order valence-electron chi connectivity index (χ2n) is 3.08. The summed E-state index contributed by atoms with van der Waals surface area (Å²) in [7, 11) is 0. The van der Waals surface area contributed by atoms with Crippen LogP contribution in [0.4, 0.5) is 0 Å². The third-order valence-corrected chi connectivity index (χ3v) is 2.31. The molecule has 0 saturated heterocycles. The van der Waals surface area contributed by atoms with Crippen LogP contribution in [-0.2, 0) is 0 Å². The summed E-state index contributed by atoms with van der Waals surface area (Å²) in [5.41, 5.74) is 5.23. The van der Waals surface area contributed by atoms with Crippen LogP contribution in [0.2, 0.25) is 0 Å². The molecule has 16 heavy (non-hydrogen) atoms. The van der Waals surface area contributed by atoms with Crippen molar-refractivity contribution in [3.05, 3.63) is 50.8 Å². The highest BCUT2D eigenvalue weighted by Gasteiger charge is 2.11. The first kappa shape index (κ1) is 10.4. The summed E-state index contributed by atoms with van der Waals surface area (Å²) in [6, 6.07) is 6.66. The van der Waals surface area contributed by atoms with Crippen molar-refractivity contribution in [2.75, 3.05) is 0 Å². The molecule has 0 fully saturated rings. The summed E-state index contributed by atoms with van der Waals surface area (Å²) in [6.45, 7) is 0. The number of thiocarbonyl (C=S) groups is 1. The average Bonchev–Trinajstić information content (AvgIpc) is 2.58.